The van der Waals surface area contributed by atoms with Gasteiger partial charge in [0.2, 0.25) is 0 Å². The average molecular weight is 855 g/mol. The molecule has 0 rings (SSSR count). The van der Waals surface area contributed by atoms with Crippen LogP contribution < -0.4 is 0 Å². The summed E-state index contributed by atoms with van der Waals surface area (Å²) < 4.78 is 17.2. The Hall–Kier alpha value is -3.96. The SMILES string of the molecule is CC/C=C\C/C=C\C/C=C\C/C=C\C/C=C\CC(=O)OCC(COCCCCCCCC/C=C\C/C=C\CCCCC)OC(=O)CCCC/C=C\C/C=C\C/C=C\C/C=C\CC. The maximum Gasteiger partial charge on any atom is 0.309 e. The standard InChI is InChI=1S/C57H90O5/c1-4-7-10-13-16-19-22-25-28-31-34-37-40-43-46-49-52-60-53-55(62-57(59)51-48-45-42-39-36-33-30-27-24-21-18-15-12-9-6-3)54-61-56(58)50-47-44-41-38-35-32-29-26-23-20-17-14-11-8-5-2/h8-9,11-12,16-21,25-30,35-36,38-39,44,47,55H,4-7,10,13-15,22-24,31-34,37,40-43,45-46,48-54H2,1-3H3/b11-8-,12-9-,19-16-,20-17-,21-18-,28-25-,29-26-,30-27-,38-35-,39-36-,47-44-. The summed E-state index contributed by atoms with van der Waals surface area (Å²) in [6.07, 6.45) is 73.4. The van der Waals surface area contributed by atoms with E-state index in [2.05, 4.69) is 142 Å². The smallest absolute Gasteiger partial charge is 0.309 e. The van der Waals surface area contributed by atoms with Crippen molar-refractivity contribution >= 4 is 11.9 Å². The fraction of sp³-hybridized carbons (Fsp3) is 0.579. The number of carbonyl (C=O) groups is 2. The molecule has 0 aliphatic heterocycles. The number of rotatable bonds is 43. The van der Waals surface area contributed by atoms with Crippen molar-refractivity contribution in [3.8, 4) is 0 Å². The summed E-state index contributed by atoms with van der Waals surface area (Å²) in [6, 6.07) is 0. The lowest BCUT2D eigenvalue weighted by Gasteiger charge is -2.18. The predicted molar refractivity (Wildman–Crippen MR) is 269 cm³/mol. The second-order valence-electron chi connectivity index (χ2n) is 15.6. The molecular weight excluding hydrogens is 765 g/mol. The second-order valence-corrected chi connectivity index (χ2v) is 15.6. The van der Waals surface area contributed by atoms with Crippen LogP contribution >= 0.6 is 0 Å². The van der Waals surface area contributed by atoms with Gasteiger partial charge in [0.25, 0.3) is 0 Å². The van der Waals surface area contributed by atoms with Crippen molar-refractivity contribution in [2.24, 2.45) is 0 Å². The van der Waals surface area contributed by atoms with Crippen LogP contribution in [-0.4, -0.2) is 37.9 Å². The molecular formula is C57H90O5. The molecule has 0 aromatic carbocycles. The summed E-state index contributed by atoms with van der Waals surface area (Å²) in [5, 5.41) is 0. The summed E-state index contributed by atoms with van der Waals surface area (Å²) in [6.45, 7) is 7.37. The molecule has 0 spiro atoms. The molecule has 5 nitrogen and oxygen atoms in total. The summed E-state index contributed by atoms with van der Waals surface area (Å²) >= 11 is 0. The number of ether oxygens (including phenoxy) is 3. The maximum atomic E-state index is 12.8. The van der Waals surface area contributed by atoms with Crippen molar-refractivity contribution in [3.63, 3.8) is 0 Å². The minimum absolute atomic E-state index is 0.000917. The van der Waals surface area contributed by atoms with Crippen LogP contribution in [0.2, 0.25) is 0 Å². The molecule has 0 fully saturated rings. The normalized spacial score (nSPS) is 13.4. The third-order valence-electron chi connectivity index (χ3n) is 9.68. The third-order valence-corrected chi connectivity index (χ3v) is 9.68. The molecule has 348 valence electrons. The van der Waals surface area contributed by atoms with Gasteiger partial charge in [-0.1, -0.05) is 193 Å². The molecule has 0 heterocycles. The van der Waals surface area contributed by atoms with Gasteiger partial charge in [0.05, 0.1) is 13.0 Å². The van der Waals surface area contributed by atoms with E-state index in [9.17, 15) is 9.59 Å². The highest BCUT2D eigenvalue weighted by atomic mass is 16.6. The molecule has 62 heavy (non-hydrogen) atoms. The molecule has 0 aromatic rings. The molecule has 0 amide bonds. The van der Waals surface area contributed by atoms with Crippen LogP contribution in [0.5, 0.6) is 0 Å². The Bertz CT molecular complexity index is 1330. The maximum absolute atomic E-state index is 12.8. The zero-order valence-corrected chi connectivity index (χ0v) is 39.8. The Morgan fingerprint density at radius 2 is 0.774 bits per heavy atom. The van der Waals surface area contributed by atoms with Crippen molar-refractivity contribution in [2.75, 3.05) is 19.8 Å². The van der Waals surface area contributed by atoms with Gasteiger partial charge in [-0.2, -0.15) is 0 Å². The number of allylic oxidation sites excluding steroid dienone is 21. The van der Waals surface area contributed by atoms with Gasteiger partial charge in [0.1, 0.15) is 6.61 Å². The van der Waals surface area contributed by atoms with Crippen molar-refractivity contribution in [2.45, 2.75) is 194 Å². The number of hydrogen-bond acceptors (Lipinski definition) is 5. The van der Waals surface area contributed by atoms with Crippen molar-refractivity contribution in [1.82, 2.24) is 0 Å². The van der Waals surface area contributed by atoms with Crippen molar-refractivity contribution < 1.29 is 23.8 Å². The van der Waals surface area contributed by atoms with E-state index >= 15 is 0 Å². The summed E-state index contributed by atoms with van der Waals surface area (Å²) in [4.78, 5) is 25.3. The first-order chi connectivity index (χ1) is 30.6. The fourth-order valence-electron chi connectivity index (χ4n) is 6.07. The van der Waals surface area contributed by atoms with Crippen molar-refractivity contribution in [1.29, 1.82) is 0 Å². The fourth-order valence-corrected chi connectivity index (χ4v) is 6.07. The van der Waals surface area contributed by atoms with Gasteiger partial charge >= 0.3 is 11.9 Å². The molecule has 0 aliphatic carbocycles. The molecule has 0 N–H and O–H groups in total. The highest BCUT2D eigenvalue weighted by molar-refractivity contribution is 5.71. The Morgan fingerprint density at radius 3 is 1.24 bits per heavy atom. The monoisotopic (exact) mass is 855 g/mol. The van der Waals surface area contributed by atoms with E-state index in [0.717, 1.165) is 103 Å². The molecule has 0 bridgehead atoms. The minimum atomic E-state index is -0.612. The van der Waals surface area contributed by atoms with E-state index in [1.165, 1.54) is 51.4 Å². The summed E-state index contributed by atoms with van der Waals surface area (Å²) in [5.41, 5.74) is 0. The van der Waals surface area contributed by atoms with Crippen LogP contribution in [0.15, 0.2) is 134 Å². The first-order valence-electron chi connectivity index (χ1n) is 24.7. The Morgan fingerprint density at radius 1 is 0.387 bits per heavy atom. The van der Waals surface area contributed by atoms with Gasteiger partial charge in [0.15, 0.2) is 6.10 Å². The lowest BCUT2D eigenvalue weighted by atomic mass is 10.1. The minimum Gasteiger partial charge on any atom is -0.461 e. The second kappa shape index (κ2) is 51.4. The summed E-state index contributed by atoms with van der Waals surface area (Å²) in [7, 11) is 0. The zero-order chi connectivity index (χ0) is 44.9. The van der Waals surface area contributed by atoms with Crippen LogP contribution in [0.25, 0.3) is 0 Å². The van der Waals surface area contributed by atoms with Gasteiger partial charge in [-0.25, -0.2) is 0 Å². The molecule has 0 aliphatic rings. The van der Waals surface area contributed by atoms with E-state index in [1.807, 2.05) is 12.2 Å². The van der Waals surface area contributed by atoms with Crippen LogP contribution in [-0.2, 0) is 23.8 Å². The van der Waals surface area contributed by atoms with Gasteiger partial charge < -0.3 is 14.2 Å². The molecule has 1 atom stereocenters. The molecule has 0 radical (unpaired) electrons. The third kappa shape index (κ3) is 48.7. The Kier molecular flexibility index (Phi) is 48.1. The number of carbonyl (C=O) groups excluding carboxylic acids is 2. The molecule has 1 unspecified atom stereocenters. The Balaban J connectivity index is 4.52. The predicted octanol–water partition coefficient (Wildman–Crippen LogP) is 16.8. The number of esters is 2. The van der Waals surface area contributed by atoms with Gasteiger partial charge in [-0.15, -0.1) is 0 Å². The van der Waals surface area contributed by atoms with E-state index in [-0.39, 0.29) is 31.6 Å². The first kappa shape index (κ1) is 58.0. The van der Waals surface area contributed by atoms with Crippen LogP contribution in [0.1, 0.15) is 188 Å². The summed E-state index contributed by atoms with van der Waals surface area (Å²) in [5.74, 6) is -0.609. The molecule has 5 heteroatoms. The van der Waals surface area contributed by atoms with Gasteiger partial charge in [-0.05, 0) is 116 Å². The average Bonchev–Trinajstić information content (AvgIpc) is 3.27. The van der Waals surface area contributed by atoms with Crippen molar-refractivity contribution in [3.05, 3.63) is 134 Å². The molecule has 0 saturated heterocycles. The highest BCUT2D eigenvalue weighted by Gasteiger charge is 2.17. The zero-order valence-electron chi connectivity index (χ0n) is 39.8. The molecule has 0 aromatic heterocycles. The van der Waals surface area contributed by atoms with E-state index in [0.29, 0.717) is 13.0 Å². The van der Waals surface area contributed by atoms with E-state index in [4.69, 9.17) is 14.2 Å². The van der Waals surface area contributed by atoms with Crippen LogP contribution in [0.3, 0.4) is 0 Å². The van der Waals surface area contributed by atoms with Crippen LogP contribution in [0.4, 0.5) is 0 Å². The Labute approximate surface area is 381 Å². The van der Waals surface area contributed by atoms with Gasteiger partial charge in [-0.3, -0.25) is 9.59 Å². The highest BCUT2D eigenvalue weighted by Crippen LogP contribution is 2.10. The quantitative estimate of drug-likeness (QED) is 0.0347. The number of hydrogen-bond donors (Lipinski definition) is 0. The lowest BCUT2D eigenvalue weighted by molar-refractivity contribution is -0.162. The molecule has 0 saturated carbocycles. The van der Waals surface area contributed by atoms with Crippen LogP contribution in [0, 0.1) is 0 Å². The van der Waals surface area contributed by atoms with E-state index in [1.54, 1.807) is 0 Å². The van der Waals surface area contributed by atoms with Gasteiger partial charge in [0, 0.05) is 13.0 Å². The largest absolute Gasteiger partial charge is 0.461 e. The topological polar surface area (TPSA) is 61.8 Å². The van der Waals surface area contributed by atoms with E-state index < -0.39 is 6.10 Å². The lowest BCUT2D eigenvalue weighted by Crippen LogP contribution is -2.30. The number of unbranched alkanes of at least 4 members (excludes halogenated alkanes) is 11. The first-order valence-corrected chi connectivity index (χ1v) is 24.7.